The van der Waals surface area contributed by atoms with E-state index in [9.17, 15) is 9.59 Å². The largest absolute Gasteiger partial charge is 0.381 e. The van der Waals surface area contributed by atoms with Crippen molar-refractivity contribution in [2.75, 3.05) is 14.2 Å². The van der Waals surface area contributed by atoms with Crippen molar-refractivity contribution in [1.29, 1.82) is 0 Å². The van der Waals surface area contributed by atoms with E-state index >= 15 is 0 Å². The summed E-state index contributed by atoms with van der Waals surface area (Å²) in [6.45, 7) is 1.96. The SMILES string of the molecule is COC1CCC(N(C)C(=O)C2CC(=O)NC(C)C2)CC1. The Labute approximate surface area is 121 Å². The molecule has 20 heavy (non-hydrogen) atoms. The third kappa shape index (κ3) is 3.51. The van der Waals surface area contributed by atoms with Crippen LogP contribution in [0.5, 0.6) is 0 Å². The van der Waals surface area contributed by atoms with Gasteiger partial charge in [0.2, 0.25) is 11.8 Å². The quantitative estimate of drug-likeness (QED) is 0.849. The molecule has 0 spiro atoms. The van der Waals surface area contributed by atoms with Gasteiger partial charge in [0, 0.05) is 38.6 Å². The number of methoxy groups -OCH3 is 1. The van der Waals surface area contributed by atoms with Crippen LogP contribution >= 0.6 is 0 Å². The molecule has 2 rings (SSSR count). The Kier molecular flexibility index (Phi) is 5.02. The van der Waals surface area contributed by atoms with Crippen LogP contribution in [0.4, 0.5) is 0 Å². The Morgan fingerprint density at radius 3 is 2.50 bits per heavy atom. The first kappa shape index (κ1) is 15.3. The maximum atomic E-state index is 12.6. The number of ether oxygens (including phenoxy) is 1. The van der Waals surface area contributed by atoms with E-state index in [1.807, 2.05) is 18.9 Å². The average Bonchev–Trinajstić information content (AvgIpc) is 2.45. The van der Waals surface area contributed by atoms with Gasteiger partial charge in [-0.1, -0.05) is 0 Å². The van der Waals surface area contributed by atoms with Gasteiger partial charge >= 0.3 is 0 Å². The van der Waals surface area contributed by atoms with Crippen LogP contribution in [0.2, 0.25) is 0 Å². The van der Waals surface area contributed by atoms with Crippen LogP contribution in [-0.2, 0) is 14.3 Å². The van der Waals surface area contributed by atoms with Crippen molar-refractivity contribution in [2.45, 2.75) is 63.6 Å². The van der Waals surface area contributed by atoms with E-state index in [0.717, 1.165) is 32.1 Å². The molecule has 0 aromatic heterocycles. The second kappa shape index (κ2) is 6.57. The molecule has 1 N–H and O–H groups in total. The van der Waals surface area contributed by atoms with E-state index in [2.05, 4.69) is 5.32 Å². The molecule has 0 aromatic carbocycles. The fourth-order valence-electron chi connectivity index (χ4n) is 3.45. The Morgan fingerprint density at radius 2 is 1.95 bits per heavy atom. The molecule has 2 atom stereocenters. The number of rotatable bonds is 3. The first-order valence-corrected chi connectivity index (χ1v) is 7.60. The summed E-state index contributed by atoms with van der Waals surface area (Å²) in [5.74, 6) is -0.0185. The minimum atomic E-state index is -0.149. The number of nitrogens with one attached hydrogen (secondary N) is 1. The molecular formula is C15H26N2O3. The lowest BCUT2D eigenvalue weighted by atomic mass is 9.88. The summed E-state index contributed by atoms with van der Waals surface area (Å²) in [6, 6.07) is 0.400. The Balaban J connectivity index is 1.90. The van der Waals surface area contributed by atoms with E-state index < -0.39 is 0 Å². The average molecular weight is 282 g/mol. The minimum absolute atomic E-state index is 0.00130. The van der Waals surface area contributed by atoms with Gasteiger partial charge in [-0.05, 0) is 39.0 Å². The van der Waals surface area contributed by atoms with Gasteiger partial charge in [-0.3, -0.25) is 9.59 Å². The molecule has 0 bridgehead atoms. The van der Waals surface area contributed by atoms with Gasteiger partial charge < -0.3 is 15.0 Å². The molecule has 1 heterocycles. The molecule has 2 fully saturated rings. The maximum Gasteiger partial charge on any atom is 0.226 e. The lowest BCUT2D eigenvalue weighted by Gasteiger charge is -2.37. The fraction of sp³-hybridized carbons (Fsp3) is 0.867. The van der Waals surface area contributed by atoms with Gasteiger partial charge in [0.15, 0.2) is 0 Å². The van der Waals surface area contributed by atoms with Crippen LogP contribution in [-0.4, -0.2) is 49.1 Å². The predicted octanol–water partition coefficient (Wildman–Crippen LogP) is 1.32. The highest BCUT2D eigenvalue weighted by atomic mass is 16.5. The number of carbonyl (C=O) groups is 2. The highest BCUT2D eigenvalue weighted by molar-refractivity contribution is 5.87. The standard InChI is InChI=1S/C15H26N2O3/c1-10-8-11(9-14(18)16-10)15(19)17(2)12-4-6-13(20-3)7-5-12/h10-13H,4-9H2,1-3H3,(H,16,18). The van der Waals surface area contributed by atoms with Crippen molar-refractivity contribution in [3.8, 4) is 0 Å². The fourth-order valence-corrected chi connectivity index (χ4v) is 3.45. The summed E-state index contributed by atoms with van der Waals surface area (Å²) in [7, 11) is 3.64. The van der Waals surface area contributed by atoms with Crippen molar-refractivity contribution in [1.82, 2.24) is 10.2 Å². The van der Waals surface area contributed by atoms with Gasteiger partial charge in [0.05, 0.1) is 6.10 Å². The van der Waals surface area contributed by atoms with Crippen LogP contribution in [0.1, 0.15) is 45.4 Å². The molecule has 2 aliphatic rings. The number of amides is 2. The first-order chi connectivity index (χ1) is 9.51. The van der Waals surface area contributed by atoms with Crippen molar-refractivity contribution in [3.63, 3.8) is 0 Å². The molecule has 5 heteroatoms. The number of nitrogens with zero attached hydrogens (tertiary/aromatic N) is 1. The zero-order valence-corrected chi connectivity index (χ0v) is 12.7. The maximum absolute atomic E-state index is 12.6. The molecule has 1 aliphatic carbocycles. The molecule has 0 aromatic rings. The lowest BCUT2D eigenvalue weighted by molar-refractivity contribution is -0.142. The minimum Gasteiger partial charge on any atom is -0.381 e. The molecular weight excluding hydrogens is 256 g/mol. The van der Waals surface area contributed by atoms with Crippen molar-refractivity contribution in [2.24, 2.45) is 5.92 Å². The van der Waals surface area contributed by atoms with E-state index in [1.54, 1.807) is 7.11 Å². The summed E-state index contributed by atoms with van der Waals surface area (Å²) in [5.41, 5.74) is 0. The molecule has 114 valence electrons. The normalized spacial score (nSPS) is 34.5. The van der Waals surface area contributed by atoms with Crippen LogP contribution in [0, 0.1) is 5.92 Å². The zero-order valence-electron chi connectivity index (χ0n) is 12.7. The van der Waals surface area contributed by atoms with E-state index in [1.165, 1.54) is 0 Å². The molecule has 5 nitrogen and oxygen atoms in total. The summed E-state index contributed by atoms with van der Waals surface area (Å²) in [4.78, 5) is 26.0. The van der Waals surface area contributed by atoms with Crippen LogP contribution < -0.4 is 5.32 Å². The predicted molar refractivity (Wildman–Crippen MR) is 76.2 cm³/mol. The highest BCUT2D eigenvalue weighted by Crippen LogP contribution is 2.27. The van der Waals surface area contributed by atoms with Crippen LogP contribution in [0.15, 0.2) is 0 Å². The van der Waals surface area contributed by atoms with Crippen LogP contribution in [0.25, 0.3) is 0 Å². The first-order valence-electron chi connectivity index (χ1n) is 7.60. The molecule has 1 aliphatic heterocycles. The monoisotopic (exact) mass is 282 g/mol. The number of hydrogen-bond donors (Lipinski definition) is 1. The van der Waals surface area contributed by atoms with Gasteiger partial charge in [-0.15, -0.1) is 0 Å². The van der Waals surface area contributed by atoms with Crippen molar-refractivity contribution in [3.05, 3.63) is 0 Å². The number of carbonyl (C=O) groups excluding carboxylic acids is 2. The molecule has 2 amide bonds. The second-order valence-corrected chi connectivity index (χ2v) is 6.22. The summed E-state index contributed by atoms with van der Waals surface area (Å²) in [5, 5.41) is 2.87. The Hall–Kier alpha value is -1.10. The summed E-state index contributed by atoms with van der Waals surface area (Å²) in [6.07, 6.45) is 5.45. The highest BCUT2D eigenvalue weighted by Gasteiger charge is 2.34. The third-order valence-corrected chi connectivity index (χ3v) is 4.70. The van der Waals surface area contributed by atoms with Gasteiger partial charge in [-0.25, -0.2) is 0 Å². The van der Waals surface area contributed by atoms with Gasteiger partial charge in [-0.2, -0.15) is 0 Å². The summed E-state index contributed by atoms with van der Waals surface area (Å²) < 4.78 is 5.37. The number of hydrogen-bond acceptors (Lipinski definition) is 3. The zero-order chi connectivity index (χ0) is 14.7. The Bertz CT molecular complexity index is 364. The molecule has 2 unspecified atom stereocenters. The molecule has 1 saturated carbocycles. The second-order valence-electron chi connectivity index (χ2n) is 6.22. The van der Waals surface area contributed by atoms with E-state index in [4.69, 9.17) is 4.74 Å². The van der Waals surface area contributed by atoms with E-state index in [0.29, 0.717) is 18.6 Å². The van der Waals surface area contributed by atoms with Crippen molar-refractivity contribution >= 4 is 11.8 Å². The van der Waals surface area contributed by atoms with Crippen LogP contribution in [0.3, 0.4) is 0 Å². The molecule has 1 saturated heterocycles. The van der Waals surface area contributed by atoms with Crippen molar-refractivity contribution < 1.29 is 14.3 Å². The smallest absolute Gasteiger partial charge is 0.226 e. The Morgan fingerprint density at radius 1 is 1.30 bits per heavy atom. The van der Waals surface area contributed by atoms with E-state index in [-0.39, 0.29) is 23.8 Å². The molecule has 0 radical (unpaired) electrons. The van der Waals surface area contributed by atoms with Gasteiger partial charge in [0.1, 0.15) is 0 Å². The van der Waals surface area contributed by atoms with Gasteiger partial charge in [0.25, 0.3) is 0 Å². The number of piperidine rings is 1. The summed E-state index contributed by atoms with van der Waals surface area (Å²) >= 11 is 0. The third-order valence-electron chi connectivity index (χ3n) is 4.70. The lowest BCUT2D eigenvalue weighted by Crippen LogP contribution is -2.49. The topological polar surface area (TPSA) is 58.6 Å².